The molecule has 0 bridgehead atoms. The summed E-state index contributed by atoms with van der Waals surface area (Å²) in [5, 5.41) is 0. The molecule has 0 radical (unpaired) electrons. The Morgan fingerprint density at radius 2 is 1.73 bits per heavy atom. The summed E-state index contributed by atoms with van der Waals surface area (Å²) in [6.07, 6.45) is 1.59. The largest absolute Gasteiger partial charge is 0.459 e. The molecule has 0 unspecified atom stereocenters. The molecular weight excluding hydrogens is 430 g/mol. The van der Waals surface area contributed by atoms with E-state index in [1.807, 2.05) is 25.6 Å². The highest BCUT2D eigenvalue weighted by atomic mass is 32.2. The second-order valence-corrected chi connectivity index (χ2v) is 9.56. The quantitative estimate of drug-likeness (QED) is 0.337. The maximum Gasteiger partial charge on any atom is 0.342 e. The molecule has 33 heavy (non-hydrogen) atoms. The molecule has 1 aliphatic heterocycles. The molecule has 0 N–H and O–H groups in total. The zero-order valence-electron chi connectivity index (χ0n) is 19.3. The number of carbonyl (C=O) groups is 1. The summed E-state index contributed by atoms with van der Waals surface area (Å²) in [5.41, 5.74) is 3.22. The predicted molar refractivity (Wildman–Crippen MR) is 135 cm³/mol. The van der Waals surface area contributed by atoms with E-state index in [4.69, 9.17) is 4.74 Å². The average molecular weight is 462 g/mol. The summed E-state index contributed by atoms with van der Waals surface area (Å²) in [5.74, 6) is 1.40. The van der Waals surface area contributed by atoms with E-state index >= 15 is 0 Å². The van der Waals surface area contributed by atoms with Crippen LogP contribution < -0.4 is 4.90 Å². The number of aromatic nitrogens is 1. The Balaban J connectivity index is 1.33. The minimum atomic E-state index is -0.305. The molecule has 172 valence electrons. The number of ether oxygens (including phenoxy) is 1. The first kappa shape index (κ1) is 23.3. The van der Waals surface area contributed by atoms with E-state index in [1.165, 1.54) is 16.0 Å². The van der Waals surface area contributed by atoms with Gasteiger partial charge < -0.3 is 9.64 Å². The molecule has 0 saturated carbocycles. The van der Waals surface area contributed by atoms with Crippen LogP contribution in [0, 0.1) is 0 Å². The van der Waals surface area contributed by atoms with Crippen molar-refractivity contribution in [3.8, 4) is 0 Å². The molecule has 4 rings (SSSR count). The molecule has 1 fully saturated rings. The van der Waals surface area contributed by atoms with E-state index in [-0.39, 0.29) is 12.1 Å². The van der Waals surface area contributed by atoms with Gasteiger partial charge in [0.15, 0.2) is 0 Å². The Kier molecular flexibility index (Phi) is 8.02. The second kappa shape index (κ2) is 11.3. The highest BCUT2D eigenvalue weighted by molar-refractivity contribution is 7.98. The van der Waals surface area contributed by atoms with Crippen LogP contribution in [0.2, 0.25) is 0 Å². The lowest BCUT2D eigenvalue weighted by Crippen LogP contribution is -2.46. The number of hydrogen-bond acceptors (Lipinski definition) is 6. The van der Waals surface area contributed by atoms with Crippen LogP contribution in [0.1, 0.15) is 35.3 Å². The molecule has 2 aromatic carbocycles. The Morgan fingerprint density at radius 1 is 0.970 bits per heavy atom. The van der Waals surface area contributed by atoms with Crippen molar-refractivity contribution in [2.45, 2.75) is 37.1 Å². The van der Waals surface area contributed by atoms with Gasteiger partial charge in [0, 0.05) is 49.6 Å². The number of carbonyl (C=O) groups excluding carboxylic acids is 1. The molecule has 1 aliphatic rings. The number of thioether (sulfide) groups is 1. The van der Waals surface area contributed by atoms with Crippen molar-refractivity contribution in [3.05, 3.63) is 89.6 Å². The topological polar surface area (TPSA) is 45.7 Å². The predicted octanol–water partition coefficient (Wildman–Crippen LogP) is 5.26. The van der Waals surface area contributed by atoms with Gasteiger partial charge in [-0.3, -0.25) is 4.90 Å². The Morgan fingerprint density at radius 3 is 2.48 bits per heavy atom. The van der Waals surface area contributed by atoms with Crippen LogP contribution in [0.5, 0.6) is 0 Å². The number of esters is 1. The van der Waals surface area contributed by atoms with Gasteiger partial charge in [-0.2, -0.15) is 0 Å². The number of anilines is 1. The molecule has 6 heteroatoms. The number of hydrogen-bond donors (Lipinski definition) is 0. The molecule has 0 amide bonds. The van der Waals surface area contributed by atoms with Crippen LogP contribution in [-0.2, 0) is 17.0 Å². The zero-order valence-corrected chi connectivity index (χ0v) is 20.1. The van der Waals surface area contributed by atoms with Crippen LogP contribution in [0.25, 0.3) is 0 Å². The molecular formula is C27H31N3O2S. The molecule has 3 aromatic rings. The van der Waals surface area contributed by atoms with Crippen molar-refractivity contribution in [2.75, 3.05) is 31.1 Å². The number of nitrogens with zero attached hydrogens (tertiary/aromatic N) is 3. The SMILES string of the molecule is CC(C)OC(=O)c1cccnc1N1CCN(Cc2cccc(SCc3ccccc3)c2)CC1. The third-order valence-corrected chi connectivity index (χ3v) is 6.64. The first-order chi connectivity index (χ1) is 16.1. The van der Waals surface area contributed by atoms with Crippen LogP contribution in [-0.4, -0.2) is 48.1 Å². The van der Waals surface area contributed by atoms with Gasteiger partial charge in [-0.1, -0.05) is 42.5 Å². The van der Waals surface area contributed by atoms with Crippen molar-refractivity contribution in [3.63, 3.8) is 0 Å². The summed E-state index contributed by atoms with van der Waals surface area (Å²) < 4.78 is 5.41. The van der Waals surface area contributed by atoms with Gasteiger partial charge in [0.05, 0.1) is 6.10 Å². The van der Waals surface area contributed by atoms with Gasteiger partial charge in [0.1, 0.15) is 11.4 Å². The maximum absolute atomic E-state index is 12.5. The van der Waals surface area contributed by atoms with Crippen molar-refractivity contribution >= 4 is 23.5 Å². The molecule has 0 aliphatic carbocycles. The van der Waals surface area contributed by atoms with E-state index in [0.29, 0.717) is 5.56 Å². The lowest BCUT2D eigenvalue weighted by atomic mass is 10.2. The van der Waals surface area contributed by atoms with Gasteiger partial charge in [-0.25, -0.2) is 9.78 Å². The van der Waals surface area contributed by atoms with Gasteiger partial charge in [0.2, 0.25) is 0 Å². The summed E-state index contributed by atoms with van der Waals surface area (Å²) in [6, 6.07) is 23.0. The molecule has 0 spiro atoms. The van der Waals surface area contributed by atoms with E-state index in [0.717, 1.165) is 44.3 Å². The zero-order chi connectivity index (χ0) is 23.0. The van der Waals surface area contributed by atoms with Gasteiger partial charge >= 0.3 is 5.97 Å². The van der Waals surface area contributed by atoms with Crippen molar-refractivity contribution in [2.24, 2.45) is 0 Å². The molecule has 2 heterocycles. The standard InChI is InChI=1S/C27H31N3O2S/c1-21(2)32-27(31)25-12-7-13-28-26(25)30-16-14-29(15-17-30)19-23-10-6-11-24(18-23)33-20-22-8-4-3-5-9-22/h3-13,18,21H,14-17,19-20H2,1-2H3. The van der Waals surface area contributed by atoms with Crippen LogP contribution in [0.3, 0.4) is 0 Å². The highest BCUT2D eigenvalue weighted by Crippen LogP contribution is 2.25. The first-order valence-electron chi connectivity index (χ1n) is 11.5. The summed E-state index contributed by atoms with van der Waals surface area (Å²) in [6.45, 7) is 8.18. The maximum atomic E-state index is 12.5. The van der Waals surface area contributed by atoms with Crippen LogP contribution in [0.15, 0.2) is 77.8 Å². The third-order valence-electron chi connectivity index (χ3n) is 5.57. The second-order valence-electron chi connectivity index (χ2n) is 8.51. The summed E-state index contributed by atoms with van der Waals surface area (Å²) in [7, 11) is 0. The minimum Gasteiger partial charge on any atom is -0.459 e. The number of benzene rings is 2. The van der Waals surface area contributed by atoms with Gasteiger partial charge in [0.25, 0.3) is 0 Å². The number of pyridine rings is 1. The average Bonchev–Trinajstić information content (AvgIpc) is 2.84. The third kappa shape index (κ3) is 6.59. The Bertz CT molecular complexity index is 1050. The van der Waals surface area contributed by atoms with Crippen LogP contribution in [0.4, 0.5) is 5.82 Å². The number of piperazine rings is 1. The van der Waals surface area contributed by atoms with Crippen LogP contribution >= 0.6 is 11.8 Å². The van der Waals surface area contributed by atoms with E-state index in [1.54, 1.807) is 18.3 Å². The molecule has 0 atom stereocenters. The van der Waals surface area contributed by atoms with E-state index in [2.05, 4.69) is 69.4 Å². The number of rotatable bonds is 8. The smallest absolute Gasteiger partial charge is 0.342 e. The summed E-state index contributed by atoms with van der Waals surface area (Å²) >= 11 is 1.88. The minimum absolute atomic E-state index is 0.149. The lowest BCUT2D eigenvalue weighted by Gasteiger charge is -2.36. The molecule has 1 saturated heterocycles. The highest BCUT2D eigenvalue weighted by Gasteiger charge is 2.23. The Hall–Kier alpha value is -2.83. The Labute approximate surface area is 200 Å². The molecule has 1 aromatic heterocycles. The van der Waals surface area contributed by atoms with Crippen molar-refractivity contribution in [1.29, 1.82) is 0 Å². The van der Waals surface area contributed by atoms with E-state index < -0.39 is 0 Å². The fourth-order valence-electron chi connectivity index (χ4n) is 3.94. The fraction of sp³-hybridized carbons (Fsp3) is 0.333. The normalized spacial score (nSPS) is 14.5. The fourth-order valence-corrected chi connectivity index (χ4v) is 4.87. The van der Waals surface area contributed by atoms with Crippen molar-refractivity contribution in [1.82, 2.24) is 9.88 Å². The van der Waals surface area contributed by atoms with Crippen molar-refractivity contribution < 1.29 is 9.53 Å². The van der Waals surface area contributed by atoms with Gasteiger partial charge in [-0.15, -0.1) is 11.8 Å². The first-order valence-corrected chi connectivity index (χ1v) is 12.5. The molecule has 5 nitrogen and oxygen atoms in total. The monoisotopic (exact) mass is 461 g/mol. The summed E-state index contributed by atoms with van der Waals surface area (Å²) in [4.78, 5) is 23.0. The van der Waals surface area contributed by atoms with Gasteiger partial charge in [-0.05, 0) is 49.2 Å². The lowest BCUT2D eigenvalue weighted by molar-refractivity contribution is 0.0378. The van der Waals surface area contributed by atoms with E-state index in [9.17, 15) is 4.79 Å².